The lowest BCUT2D eigenvalue weighted by atomic mass is 10.1. The zero-order valence-electron chi connectivity index (χ0n) is 14.3. The Labute approximate surface area is 150 Å². The number of halogens is 2. The molecule has 3 rings (SSSR count). The number of carbonyl (C=O) groups is 2. The fraction of sp³-hybridized carbons (Fsp3) is 0.556. The van der Waals surface area contributed by atoms with E-state index in [-0.39, 0.29) is 17.2 Å². The van der Waals surface area contributed by atoms with E-state index >= 15 is 0 Å². The Morgan fingerprint density at radius 2 is 1.81 bits per heavy atom. The van der Waals surface area contributed by atoms with Crippen LogP contribution in [0.25, 0.3) is 0 Å². The van der Waals surface area contributed by atoms with Crippen molar-refractivity contribution in [1.82, 2.24) is 9.80 Å². The number of amides is 2. The van der Waals surface area contributed by atoms with Crippen LogP contribution in [0.3, 0.4) is 0 Å². The molecule has 2 saturated heterocycles. The van der Waals surface area contributed by atoms with Gasteiger partial charge in [-0.1, -0.05) is 12.1 Å². The van der Waals surface area contributed by atoms with Crippen molar-refractivity contribution >= 4 is 11.8 Å². The summed E-state index contributed by atoms with van der Waals surface area (Å²) in [4.78, 5) is 28.8. The molecule has 0 bridgehead atoms. The second-order valence-electron chi connectivity index (χ2n) is 6.59. The van der Waals surface area contributed by atoms with Crippen LogP contribution in [-0.4, -0.2) is 65.1 Å². The van der Waals surface area contributed by atoms with Crippen LogP contribution in [0, 0.1) is 0 Å². The zero-order chi connectivity index (χ0) is 18.7. The number of rotatable bonds is 4. The van der Waals surface area contributed by atoms with E-state index in [2.05, 4.69) is 4.74 Å². The fourth-order valence-electron chi connectivity index (χ4n) is 3.56. The Morgan fingerprint density at radius 3 is 2.50 bits per heavy atom. The molecule has 2 fully saturated rings. The van der Waals surface area contributed by atoms with Crippen LogP contribution >= 0.6 is 0 Å². The summed E-state index contributed by atoms with van der Waals surface area (Å²) in [5.74, 6) is -0.809. The monoisotopic (exact) mass is 368 g/mol. The van der Waals surface area contributed by atoms with Crippen molar-refractivity contribution in [3.05, 3.63) is 29.8 Å². The van der Waals surface area contributed by atoms with Crippen molar-refractivity contribution in [3.8, 4) is 5.75 Å². The number of para-hydroxylation sites is 1. The number of nitrogens with zero attached hydrogens (tertiary/aromatic N) is 2. The topological polar surface area (TPSA) is 70.1 Å². The number of aliphatic hydroxyl groups excluding tert-OH is 1. The summed E-state index contributed by atoms with van der Waals surface area (Å²) < 4.78 is 29.6. The summed E-state index contributed by atoms with van der Waals surface area (Å²) in [6, 6.07) is 5.23. The summed E-state index contributed by atoms with van der Waals surface area (Å²) in [6.45, 7) is -1.71. The molecule has 8 heteroatoms. The molecule has 0 spiro atoms. The highest BCUT2D eigenvalue weighted by Gasteiger charge is 2.38. The van der Waals surface area contributed by atoms with Crippen LogP contribution in [0.15, 0.2) is 24.3 Å². The quantitative estimate of drug-likeness (QED) is 0.881. The van der Waals surface area contributed by atoms with Gasteiger partial charge in [0.1, 0.15) is 11.8 Å². The number of benzene rings is 1. The number of piperidine rings is 1. The van der Waals surface area contributed by atoms with E-state index in [1.807, 2.05) is 0 Å². The molecule has 0 aliphatic carbocycles. The molecule has 1 aromatic carbocycles. The summed E-state index contributed by atoms with van der Waals surface area (Å²) in [6.07, 6.45) is 1.88. The van der Waals surface area contributed by atoms with Gasteiger partial charge in [-0.3, -0.25) is 9.59 Å². The lowest BCUT2D eigenvalue weighted by Gasteiger charge is -2.34. The minimum atomic E-state index is -3.03. The Hall–Kier alpha value is -2.22. The first-order valence-electron chi connectivity index (χ1n) is 8.79. The maximum absolute atomic E-state index is 12.9. The summed E-state index contributed by atoms with van der Waals surface area (Å²) in [5, 5.41) is 9.59. The van der Waals surface area contributed by atoms with Gasteiger partial charge in [-0.2, -0.15) is 8.78 Å². The number of hydrogen-bond donors (Lipinski definition) is 1. The summed E-state index contributed by atoms with van der Waals surface area (Å²) >= 11 is 0. The minimum absolute atomic E-state index is 0.0292. The van der Waals surface area contributed by atoms with Crippen LogP contribution in [0.4, 0.5) is 8.78 Å². The molecule has 1 N–H and O–H groups in total. The van der Waals surface area contributed by atoms with Gasteiger partial charge in [0, 0.05) is 19.6 Å². The van der Waals surface area contributed by atoms with Gasteiger partial charge in [-0.05, 0) is 37.8 Å². The van der Waals surface area contributed by atoms with Gasteiger partial charge in [0.2, 0.25) is 5.91 Å². The van der Waals surface area contributed by atoms with Crippen LogP contribution in [0.1, 0.15) is 36.0 Å². The molecule has 1 atom stereocenters. The number of alkyl halides is 2. The molecule has 6 nitrogen and oxygen atoms in total. The maximum atomic E-state index is 12.9. The molecule has 0 radical (unpaired) electrons. The van der Waals surface area contributed by atoms with E-state index in [9.17, 15) is 23.5 Å². The second kappa shape index (κ2) is 7.99. The molecule has 2 aliphatic rings. The van der Waals surface area contributed by atoms with Gasteiger partial charge >= 0.3 is 6.61 Å². The van der Waals surface area contributed by atoms with Crippen LogP contribution in [-0.2, 0) is 4.79 Å². The second-order valence-corrected chi connectivity index (χ2v) is 6.59. The third-order valence-electron chi connectivity index (χ3n) is 4.91. The average molecular weight is 368 g/mol. The first kappa shape index (κ1) is 18.6. The molecule has 2 heterocycles. The molecule has 1 unspecified atom stereocenters. The number of ether oxygens (including phenoxy) is 1. The van der Waals surface area contributed by atoms with Crippen molar-refractivity contribution < 1.29 is 28.2 Å². The Morgan fingerprint density at radius 1 is 1.12 bits per heavy atom. The van der Waals surface area contributed by atoms with Gasteiger partial charge in [-0.15, -0.1) is 0 Å². The van der Waals surface area contributed by atoms with Crippen molar-refractivity contribution in [2.24, 2.45) is 0 Å². The van der Waals surface area contributed by atoms with Gasteiger partial charge in [0.25, 0.3) is 5.91 Å². The molecule has 0 aromatic heterocycles. The third-order valence-corrected chi connectivity index (χ3v) is 4.91. The number of carbonyl (C=O) groups excluding carboxylic acids is 2. The van der Waals surface area contributed by atoms with E-state index in [1.54, 1.807) is 11.0 Å². The number of aliphatic hydroxyl groups is 1. The van der Waals surface area contributed by atoms with Gasteiger partial charge in [0.05, 0.1) is 11.7 Å². The normalized spacial score (nSPS) is 21.3. The molecule has 2 aliphatic heterocycles. The smallest absolute Gasteiger partial charge is 0.387 e. The van der Waals surface area contributed by atoms with Gasteiger partial charge in [0.15, 0.2) is 0 Å². The molecular weight excluding hydrogens is 346 g/mol. The SMILES string of the molecule is O=C(C1CCCN1C(=O)c1ccccc1OC(F)F)N1CCC(O)CC1. The van der Waals surface area contributed by atoms with Crippen LogP contribution < -0.4 is 4.74 Å². The molecule has 2 amide bonds. The summed E-state index contributed by atoms with van der Waals surface area (Å²) in [5.41, 5.74) is 0.0292. The highest BCUT2D eigenvalue weighted by atomic mass is 19.3. The van der Waals surface area contributed by atoms with Gasteiger partial charge < -0.3 is 19.6 Å². The van der Waals surface area contributed by atoms with Crippen molar-refractivity contribution in [1.29, 1.82) is 0 Å². The van der Waals surface area contributed by atoms with E-state index in [0.717, 1.165) is 0 Å². The predicted octanol–water partition coefficient (Wildman–Crippen LogP) is 1.88. The van der Waals surface area contributed by atoms with Crippen LogP contribution in [0.5, 0.6) is 5.75 Å². The van der Waals surface area contributed by atoms with Crippen molar-refractivity contribution in [3.63, 3.8) is 0 Å². The van der Waals surface area contributed by atoms with E-state index < -0.39 is 24.7 Å². The fourth-order valence-corrected chi connectivity index (χ4v) is 3.56. The third kappa shape index (κ3) is 3.95. The van der Waals surface area contributed by atoms with E-state index in [0.29, 0.717) is 45.3 Å². The molecule has 26 heavy (non-hydrogen) atoms. The molecule has 1 aromatic rings. The van der Waals surface area contributed by atoms with Crippen molar-refractivity contribution in [2.75, 3.05) is 19.6 Å². The Kier molecular flexibility index (Phi) is 5.70. The standard InChI is InChI=1S/C18H22F2N2O4/c19-18(20)26-15-6-2-1-4-13(15)16(24)22-9-3-5-14(22)17(25)21-10-7-12(23)8-11-21/h1-2,4,6,12,14,18,23H,3,5,7-11H2. The average Bonchev–Trinajstić information content (AvgIpc) is 3.11. The Bertz CT molecular complexity index is 662. The van der Waals surface area contributed by atoms with E-state index in [4.69, 9.17) is 0 Å². The number of hydrogen-bond acceptors (Lipinski definition) is 4. The first-order chi connectivity index (χ1) is 12.5. The molecular formula is C18H22F2N2O4. The lowest BCUT2D eigenvalue weighted by molar-refractivity contribution is -0.137. The lowest BCUT2D eigenvalue weighted by Crippen LogP contribution is -2.50. The van der Waals surface area contributed by atoms with Crippen molar-refractivity contribution in [2.45, 2.75) is 44.4 Å². The highest BCUT2D eigenvalue weighted by Crippen LogP contribution is 2.27. The number of likely N-dealkylation sites (tertiary alicyclic amines) is 2. The molecule has 142 valence electrons. The maximum Gasteiger partial charge on any atom is 0.387 e. The molecule has 0 saturated carbocycles. The van der Waals surface area contributed by atoms with E-state index in [1.165, 1.54) is 23.1 Å². The predicted molar refractivity (Wildman–Crippen MR) is 89.0 cm³/mol. The summed E-state index contributed by atoms with van der Waals surface area (Å²) in [7, 11) is 0. The minimum Gasteiger partial charge on any atom is -0.434 e. The Balaban J connectivity index is 1.76. The highest BCUT2D eigenvalue weighted by molar-refractivity contribution is 6.00. The largest absolute Gasteiger partial charge is 0.434 e. The zero-order valence-corrected chi connectivity index (χ0v) is 14.3. The van der Waals surface area contributed by atoms with Gasteiger partial charge in [-0.25, -0.2) is 0 Å². The van der Waals surface area contributed by atoms with Crippen LogP contribution in [0.2, 0.25) is 0 Å². The first-order valence-corrected chi connectivity index (χ1v) is 8.79.